The second kappa shape index (κ2) is 6.70. The molecule has 0 aliphatic heterocycles. The molecule has 1 fully saturated rings. The van der Waals surface area contributed by atoms with Crippen LogP contribution in [0.4, 0.5) is 0 Å². The number of hydrogen-bond acceptors (Lipinski definition) is 3. The van der Waals surface area contributed by atoms with Crippen LogP contribution in [0.5, 0.6) is 0 Å². The molecule has 1 saturated carbocycles. The summed E-state index contributed by atoms with van der Waals surface area (Å²) in [5, 5.41) is 11.9. The molecule has 1 heterocycles. The van der Waals surface area contributed by atoms with Crippen molar-refractivity contribution in [2.75, 3.05) is 6.54 Å². The molecule has 0 aromatic carbocycles. The first-order chi connectivity index (χ1) is 9.45. The zero-order valence-electron chi connectivity index (χ0n) is 13.5. The monoisotopic (exact) mass is 278 g/mol. The predicted molar refractivity (Wildman–Crippen MR) is 82.5 cm³/mol. The Morgan fingerprint density at radius 2 is 1.95 bits per heavy atom. The molecule has 1 aromatic heterocycles. The summed E-state index contributed by atoms with van der Waals surface area (Å²) in [5.41, 5.74) is 1.06. The van der Waals surface area contributed by atoms with Crippen LogP contribution in [0.15, 0.2) is 6.20 Å². The molecule has 0 saturated heterocycles. The van der Waals surface area contributed by atoms with Gasteiger partial charge in [0.1, 0.15) is 0 Å². The highest BCUT2D eigenvalue weighted by Gasteiger charge is 2.18. The lowest BCUT2D eigenvalue weighted by Crippen LogP contribution is -2.22. The van der Waals surface area contributed by atoms with Crippen LogP contribution in [0.25, 0.3) is 0 Å². The Balaban J connectivity index is 1.65. The molecule has 20 heavy (non-hydrogen) atoms. The fourth-order valence-corrected chi connectivity index (χ4v) is 2.85. The van der Waals surface area contributed by atoms with E-state index >= 15 is 0 Å². The molecule has 0 amide bonds. The molecule has 1 N–H and O–H groups in total. The van der Waals surface area contributed by atoms with Crippen molar-refractivity contribution in [1.29, 1.82) is 0 Å². The van der Waals surface area contributed by atoms with Gasteiger partial charge in [-0.2, -0.15) is 0 Å². The Labute approximate surface area is 123 Å². The summed E-state index contributed by atoms with van der Waals surface area (Å²) in [6.45, 7) is 10.7. The van der Waals surface area contributed by atoms with Crippen molar-refractivity contribution < 1.29 is 0 Å². The third-order valence-electron chi connectivity index (χ3n) is 4.40. The zero-order valence-corrected chi connectivity index (χ0v) is 13.5. The quantitative estimate of drug-likeness (QED) is 0.840. The lowest BCUT2D eigenvalue weighted by Gasteiger charge is -2.26. The summed E-state index contributed by atoms with van der Waals surface area (Å²) < 4.78 is 1.94. The van der Waals surface area contributed by atoms with E-state index in [1.54, 1.807) is 0 Å². The Hall–Kier alpha value is -0.900. The fourth-order valence-electron chi connectivity index (χ4n) is 2.85. The maximum Gasteiger partial charge on any atom is 0.0965 e. The Bertz CT molecular complexity index is 397. The number of aromatic nitrogens is 3. The van der Waals surface area contributed by atoms with Gasteiger partial charge in [0.2, 0.25) is 0 Å². The zero-order chi connectivity index (χ0) is 14.6. The standard InChI is InChI=1S/C16H30N4/c1-13-5-7-14(8-6-13)9-10-17-11-15-12-20(19-18-15)16(2,3)4/h12-14,17H,5-11H2,1-4H3. The van der Waals surface area contributed by atoms with Crippen molar-refractivity contribution in [3.63, 3.8) is 0 Å². The van der Waals surface area contributed by atoms with E-state index in [2.05, 4.69) is 49.5 Å². The van der Waals surface area contributed by atoms with Crippen LogP contribution in [0.2, 0.25) is 0 Å². The Kier molecular flexibility index (Phi) is 5.19. The van der Waals surface area contributed by atoms with Gasteiger partial charge in [-0.15, -0.1) is 5.10 Å². The van der Waals surface area contributed by atoms with Gasteiger partial charge in [-0.05, 0) is 45.6 Å². The smallest absolute Gasteiger partial charge is 0.0965 e. The summed E-state index contributed by atoms with van der Waals surface area (Å²) in [6.07, 6.45) is 9.04. The average Bonchev–Trinajstić information content (AvgIpc) is 2.85. The van der Waals surface area contributed by atoms with E-state index in [0.717, 1.165) is 30.6 Å². The first-order valence-corrected chi connectivity index (χ1v) is 8.07. The maximum absolute atomic E-state index is 4.23. The first-order valence-electron chi connectivity index (χ1n) is 8.07. The normalized spacial score (nSPS) is 24.0. The molecular formula is C16H30N4. The molecule has 4 heteroatoms. The van der Waals surface area contributed by atoms with Crippen LogP contribution in [-0.2, 0) is 12.1 Å². The van der Waals surface area contributed by atoms with Crippen LogP contribution < -0.4 is 5.32 Å². The minimum absolute atomic E-state index is 0.0179. The SMILES string of the molecule is CC1CCC(CCNCc2cn(C(C)(C)C)nn2)CC1. The summed E-state index contributed by atoms with van der Waals surface area (Å²) in [5.74, 6) is 1.88. The number of hydrogen-bond donors (Lipinski definition) is 1. The minimum atomic E-state index is 0.0179. The van der Waals surface area contributed by atoms with Crippen LogP contribution in [0, 0.1) is 11.8 Å². The van der Waals surface area contributed by atoms with Crippen LogP contribution >= 0.6 is 0 Å². The van der Waals surface area contributed by atoms with E-state index in [1.807, 2.05) is 4.68 Å². The number of nitrogens with one attached hydrogen (secondary N) is 1. The van der Waals surface area contributed by atoms with Gasteiger partial charge < -0.3 is 5.32 Å². The molecule has 0 radical (unpaired) electrons. The summed E-state index contributed by atoms with van der Waals surface area (Å²) in [4.78, 5) is 0. The topological polar surface area (TPSA) is 42.7 Å². The molecule has 1 aliphatic carbocycles. The van der Waals surface area contributed by atoms with E-state index in [-0.39, 0.29) is 5.54 Å². The van der Waals surface area contributed by atoms with Crippen molar-refractivity contribution >= 4 is 0 Å². The van der Waals surface area contributed by atoms with Gasteiger partial charge in [0.15, 0.2) is 0 Å². The maximum atomic E-state index is 4.23. The molecule has 4 nitrogen and oxygen atoms in total. The largest absolute Gasteiger partial charge is 0.311 e. The number of rotatable bonds is 5. The van der Waals surface area contributed by atoms with Crippen LogP contribution in [0.1, 0.15) is 65.5 Å². The Morgan fingerprint density at radius 3 is 2.55 bits per heavy atom. The summed E-state index contributed by atoms with van der Waals surface area (Å²) >= 11 is 0. The van der Waals surface area contributed by atoms with Crippen molar-refractivity contribution in [3.05, 3.63) is 11.9 Å². The lowest BCUT2D eigenvalue weighted by molar-refractivity contribution is 0.275. The highest BCUT2D eigenvalue weighted by atomic mass is 15.4. The van der Waals surface area contributed by atoms with E-state index in [4.69, 9.17) is 0 Å². The molecule has 114 valence electrons. The fraction of sp³-hybridized carbons (Fsp3) is 0.875. The van der Waals surface area contributed by atoms with E-state index in [9.17, 15) is 0 Å². The molecule has 0 spiro atoms. The summed E-state index contributed by atoms with van der Waals surface area (Å²) in [6, 6.07) is 0. The van der Waals surface area contributed by atoms with Gasteiger partial charge in [-0.1, -0.05) is 37.8 Å². The van der Waals surface area contributed by atoms with E-state index < -0.39 is 0 Å². The average molecular weight is 278 g/mol. The molecule has 0 bridgehead atoms. The van der Waals surface area contributed by atoms with Crippen LogP contribution in [0.3, 0.4) is 0 Å². The first kappa shape index (κ1) is 15.5. The highest BCUT2D eigenvalue weighted by Crippen LogP contribution is 2.29. The Morgan fingerprint density at radius 1 is 1.25 bits per heavy atom. The molecule has 2 rings (SSSR count). The van der Waals surface area contributed by atoms with Crippen molar-refractivity contribution in [3.8, 4) is 0 Å². The number of nitrogens with zero attached hydrogens (tertiary/aromatic N) is 3. The van der Waals surface area contributed by atoms with E-state index in [0.29, 0.717) is 0 Å². The molecule has 1 aromatic rings. The van der Waals surface area contributed by atoms with Crippen molar-refractivity contribution in [2.45, 2.75) is 71.9 Å². The van der Waals surface area contributed by atoms with Crippen molar-refractivity contribution in [2.24, 2.45) is 11.8 Å². The third-order valence-corrected chi connectivity index (χ3v) is 4.40. The van der Waals surface area contributed by atoms with Gasteiger partial charge in [-0.3, -0.25) is 0 Å². The lowest BCUT2D eigenvalue weighted by atomic mass is 9.81. The van der Waals surface area contributed by atoms with Crippen molar-refractivity contribution in [1.82, 2.24) is 20.3 Å². The van der Waals surface area contributed by atoms with Gasteiger partial charge in [0.25, 0.3) is 0 Å². The predicted octanol–water partition coefficient (Wildman–Crippen LogP) is 3.34. The van der Waals surface area contributed by atoms with Gasteiger partial charge in [0.05, 0.1) is 17.4 Å². The molecular weight excluding hydrogens is 248 g/mol. The second-order valence-electron chi connectivity index (χ2n) is 7.42. The summed E-state index contributed by atoms with van der Waals surface area (Å²) in [7, 11) is 0. The molecule has 1 aliphatic rings. The molecule has 0 unspecified atom stereocenters. The third kappa shape index (κ3) is 4.58. The van der Waals surface area contributed by atoms with Gasteiger partial charge in [0, 0.05) is 6.54 Å². The molecule has 0 atom stereocenters. The van der Waals surface area contributed by atoms with Gasteiger partial charge >= 0.3 is 0 Å². The van der Waals surface area contributed by atoms with Crippen LogP contribution in [-0.4, -0.2) is 21.5 Å². The second-order valence-corrected chi connectivity index (χ2v) is 7.42. The highest BCUT2D eigenvalue weighted by molar-refractivity contribution is 4.94. The minimum Gasteiger partial charge on any atom is -0.311 e. The van der Waals surface area contributed by atoms with Gasteiger partial charge in [-0.25, -0.2) is 4.68 Å². The van der Waals surface area contributed by atoms with E-state index in [1.165, 1.54) is 32.1 Å².